The van der Waals surface area contributed by atoms with Crippen molar-refractivity contribution in [2.75, 3.05) is 32.8 Å². The van der Waals surface area contributed by atoms with Crippen LogP contribution in [0, 0.1) is 0 Å². The van der Waals surface area contributed by atoms with Gasteiger partial charge in [-0.05, 0) is 37.4 Å². The van der Waals surface area contributed by atoms with Crippen molar-refractivity contribution in [3.8, 4) is 0 Å². The van der Waals surface area contributed by atoms with Gasteiger partial charge in [-0.25, -0.2) is 0 Å². The third-order valence-corrected chi connectivity index (χ3v) is 6.57. The number of hydrogen-bond acceptors (Lipinski definition) is 6. The number of rotatable bonds is 8. The lowest BCUT2D eigenvalue weighted by atomic mass is 10.1. The van der Waals surface area contributed by atoms with Crippen molar-refractivity contribution in [1.82, 2.24) is 15.5 Å². The van der Waals surface area contributed by atoms with Gasteiger partial charge in [0.1, 0.15) is 11.3 Å². The minimum absolute atomic E-state index is 0.0325. The molecule has 1 aliphatic rings. The molecular weight excluding hydrogens is 398 g/mol. The van der Waals surface area contributed by atoms with Gasteiger partial charge in [0.15, 0.2) is 0 Å². The van der Waals surface area contributed by atoms with E-state index < -0.39 is 0 Å². The Morgan fingerprint density at radius 1 is 1.17 bits per heavy atom. The zero-order valence-corrected chi connectivity index (χ0v) is 18.3. The summed E-state index contributed by atoms with van der Waals surface area (Å²) in [5.74, 6) is 0.733. The maximum atomic E-state index is 12.8. The van der Waals surface area contributed by atoms with E-state index in [0.717, 1.165) is 43.0 Å². The Bertz CT molecular complexity index is 917. The molecule has 1 aliphatic heterocycles. The molecule has 30 heavy (non-hydrogen) atoms. The van der Waals surface area contributed by atoms with E-state index in [9.17, 15) is 4.79 Å². The van der Waals surface area contributed by atoms with Gasteiger partial charge in [-0.15, -0.1) is 11.3 Å². The summed E-state index contributed by atoms with van der Waals surface area (Å²) in [5, 5.41) is 9.65. The van der Waals surface area contributed by atoms with Gasteiger partial charge in [0.05, 0.1) is 31.3 Å². The second kappa shape index (κ2) is 9.75. The molecular formula is C23H29N3O3S. The highest BCUT2D eigenvalue weighted by Gasteiger charge is 2.25. The Balaban J connectivity index is 1.34. The Hall–Kier alpha value is -2.19. The Kier molecular flexibility index (Phi) is 6.84. The van der Waals surface area contributed by atoms with Gasteiger partial charge in [0.25, 0.3) is 0 Å². The van der Waals surface area contributed by atoms with Crippen molar-refractivity contribution >= 4 is 28.2 Å². The predicted octanol–water partition coefficient (Wildman–Crippen LogP) is 3.72. The van der Waals surface area contributed by atoms with Gasteiger partial charge < -0.3 is 19.8 Å². The minimum atomic E-state index is -0.305. The molecule has 0 radical (unpaired) electrons. The number of morpholine rings is 1. The zero-order valence-electron chi connectivity index (χ0n) is 17.5. The van der Waals surface area contributed by atoms with Crippen LogP contribution in [0.1, 0.15) is 36.6 Å². The number of amides is 1. The molecule has 0 spiro atoms. The maximum Gasteiger partial charge on any atom is 0.237 e. The van der Waals surface area contributed by atoms with Crippen LogP contribution in [-0.4, -0.2) is 49.7 Å². The highest BCUT2D eigenvalue weighted by Crippen LogP contribution is 2.26. The quantitative estimate of drug-likeness (QED) is 0.574. The van der Waals surface area contributed by atoms with Crippen LogP contribution in [0.15, 0.2) is 52.3 Å². The van der Waals surface area contributed by atoms with Crippen molar-refractivity contribution in [1.29, 1.82) is 0 Å². The molecule has 6 nitrogen and oxygen atoms in total. The first-order valence-electron chi connectivity index (χ1n) is 10.5. The number of nitrogens with one attached hydrogen (secondary N) is 2. The molecule has 2 aromatic heterocycles. The fraction of sp³-hybridized carbons (Fsp3) is 0.435. The molecule has 0 bridgehead atoms. The lowest BCUT2D eigenvalue weighted by Gasteiger charge is -2.34. The number of para-hydroxylation sites is 1. The van der Waals surface area contributed by atoms with E-state index in [-0.39, 0.29) is 24.0 Å². The lowest BCUT2D eigenvalue weighted by Crippen LogP contribution is -2.48. The van der Waals surface area contributed by atoms with E-state index in [0.29, 0.717) is 6.54 Å². The van der Waals surface area contributed by atoms with Crippen molar-refractivity contribution in [3.05, 3.63) is 58.5 Å². The summed E-state index contributed by atoms with van der Waals surface area (Å²) < 4.78 is 11.4. The van der Waals surface area contributed by atoms with Crippen LogP contribution in [0.2, 0.25) is 0 Å². The van der Waals surface area contributed by atoms with Gasteiger partial charge in [0.2, 0.25) is 5.91 Å². The number of hydrogen-bond donors (Lipinski definition) is 2. The molecule has 3 aromatic rings. The van der Waals surface area contributed by atoms with Gasteiger partial charge in [0, 0.05) is 29.9 Å². The van der Waals surface area contributed by atoms with Crippen LogP contribution < -0.4 is 10.6 Å². The predicted molar refractivity (Wildman–Crippen MR) is 120 cm³/mol. The van der Waals surface area contributed by atoms with E-state index in [1.165, 1.54) is 4.88 Å². The van der Waals surface area contributed by atoms with Crippen LogP contribution in [-0.2, 0) is 9.53 Å². The SMILES string of the molecule is CC(NCC(c1cccs1)N1CCOCC1)C(=O)NC(C)c1cc2ccccc2o1. The summed E-state index contributed by atoms with van der Waals surface area (Å²) in [6, 6.07) is 13.9. The summed E-state index contributed by atoms with van der Waals surface area (Å²) in [7, 11) is 0. The number of ether oxygens (including phenoxy) is 1. The molecule has 160 valence electrons. The van der Waals surface area contributed by atoms with E-state index in [1.807, 2.05) is 44.2 Å². The van der Waals surface area contributed by atoms with E-state index in [1.54, 1.807) is 11.3 Å². The topological polar surface area (TPSA) is 66.7 Å². The monoisotopic (exact) mass is 427 g/mol. The maximum absolute atomic E-state index is 12.8. The lowest BCUT2D eigenvalue weighted by molar-refractivity contribution is -0.123. The summed E-state index contributed by atoms with van der Waals surface area (Å²) in [5.41, 5.74) is 0.837. The van der Waals surface area contributed by atoms with Crippen molar-refractivity contribution in [3.63, 3.8) is 0 Å². The first-order chi connectivity index (χ1) is 14.6. The van der Waals surface area contributed by atoms with E-state index >= 15 is 0 Å². The third-order valence-electron chi connectivity index (χ3n) is 5.60. The van der Waals surface area contributed by atoms with Crippen LogP contribution in [0.25, 0.3) is 11.0 Å². The minimum Gasteiger partial charge on any atom is -0.459 e. The molecule has 1 amide bonds. The second-order valence-corrected chi connectivity index (χ2v) is 8.71. The number of furan rings is 1. The van der Waals surface area contributed by atoms with Gasteiger partial charge in [-0.3, -0.25) is 9.69 Å². The smallest absolute Gasteiger partial charge is 0.237 e. The summed E-state index contributed by atoms with van der Waals surface area (Å²) >= 11 is 1.76. The average Bonchev–Trinajstić information content (AvgIpc) is 3.44. The Morgan fingerprint density at radius 2 is 1.97 bits per heavy atom. The van der Waals surface area contributed by atoms with Crippen LogP contribution >= 0.6 is 11.3 Å². The number of fused-ring (bicyclic) bond motifs is 1. The van der Waals surface area contributed by atoms with Crippen molar-refractivity contribution < 1.29 is 13.9 Å². The van der Waals surface area contributed by atoms with Gasteiger partial charge in [-0.2, -0.15) is 0 Å². The van der Waals surface area contributed by atoms with E-state index in [2.05, 4.69) is 33.0 Å². The molecule has 4 rings (SSSR count). The third kappa shape index (κ3) is 4.92. The number of carbonyl (C=O) groups excluding carboxylic acids is 1. The molecule has 1 aromatic carbocycles. The first kappa shape index (κ1) is 21.1. The fourth-order valence-electron chi connectivity index (χ4n) is 3.79. The Labute approximate surface area is 181 Å². The molecule has 3 unspecified atom stereocenters. The average molecular weight is 428 g/mol. The molecule has 7 heteroatoms. The molecule has 1 fully saturated rings. The zero-order chi connectivity index (χ0) is 20.9. The number of thiophene rings is 1. The van der Waals surface area contributed by atoms with Crippen molar-refractivity contribution in [2.45, 2.75) is 32.0 Å². The standard InChI is InChI=1S/C23H29N3O3S/c1-16(21-14-18-6-3-4-7-20(18)29-21)25-23(27)17(2)24-15-19(22-8-5-13-30-22)26-9-11-28-12-10-26/h3-8,13-14,16-17,19,24H,9-12,15H2,1-2H3,(H,25,27). The first-order valence-corrected chi connectivity index (χ1v) is 11.4. The number of nitrogens with zero attached hydrogens (tertiary/aromatic N) is 1. The number of benzene rings is 1. The van der Waals surface area contributed by atoms with Crippen LogP contribution in [0.5, 0.6) is 0 Å². The molecule has 2 N–H and O–H groups in total. The van der Waals surface area contributed by atoms with E-state index in [4.69, 9.17) is 9.15 Å². The highest BCUT2D eigenvalue weighted by molar-refractivity contribution is 7.10. The summed E-state index contributed by atoms with van der Waals surface area (Å²) in [4.78, 5) is 16.5. The molecule has 1 saturated heterocycles. The van der Waals surface area contributed by atoms with Crippen molar-refractivity contribution in [2.24, 2.45) is 0 Å². The van der Waals surface area contributed by atoms with Crippen LogP contribution in [0.4, 0.5) is 0 Å². The Morgan fingerprint density at radius 3 is 2.70 bits per heavy atom. The van der Waals surface area contributed by atoms with Gasteiger partial charge >= 0.3 is 0 Å². The molecule has 0 aliphatic carbocycles. The van der Waals surface area contributed by atoms with Gasteiger partial charge in [-0.1, -0.05) is 24.3 Å². The summed E-state index contributed by atoms with van der Waals surface area (Å²) in [6.45, 7) is 7.91. The molecule has 0 saturated carbocycles. The number of carbonyl (C=O) groups is 1. The fourth-order valence-corrected chi connectivity index (χ4v) is 4.65. The van der Waals surface area contributed by atoms with Crippen LogP contribution in [0.3, 0.4) is 0 Å². The second-order valence-electron chi connectivity index (χ2n) is 7.73. The summed E-state index contributed by atoms with van der Waals surface area (Å²) in [6.07, 6.45) is 0. The largest absolute Gasteiger partial charge is 0.459 e. The molecule has 3 heterocycles. The normalized spacial score (nSPS) is 18.2. The molecule has 3 atom stereocenters. The highest BCUT2D eigenvalue weighted by atomic mass is 32.1.